The molecule has 0 radical (unpaired) electrons. The van der Waals surface area contributed by atoms with E-state index in [2.05, 4.69) is 25.7 Å². The molecule has 2 atom stereocenters. The summed E-state index contributed by atoms with van der Waals surface area (Å²) < 4.78 is 33.5. The van der Waals surface area contributed by atoms with Crippen LogP contribution in [0.4, 0.5) is 5.69 Å². The number of likely N-dealkylation sites (tertiary alicyclic amines) is 1. The van der Waals surface area contributed by atoms with E-state index in [1.54, 1.807) is 0 Å². The number of ether oxygens (including phenoxy) is 1. The summed E-state index contributed by atoms with van der Waals surface area (Å²) in [5, 5.41) is 0. The van der Waals surface area contributed by atoms with E-state index in [9.17, 15) is 18.0 Å². The Balaban J connectivity index is 1.19. The summed E-state index contributed by atoms with van der Waals surface area (Å²) in [6, 6.07) is 16.0. The molecule has 3 fully saturated rings. The van der Waals surface area contributed by atoms with Crippen LogP contribution in [0.2, 0.25) is 0 Å². The number of piperazine rings is 1. The summed E-state index contributed by atoms with van der Waals surface area (Å²) in [5.41, 5.74) is 1.47. The average molecular weight is 540 g/mol. The van der Waals surface area contributed by atoms with Crippen LogP contribution < -0.4 is 4.90 Å². The minimum atomic E-state index is -3.77. The van der Waals surface area contributed by atoms with Crippen molar-refractivity contribution in [2.75, 3.05) is 44.2 Å². The van der Waals surface area contributed by atoms with Gasteiger partial charge in [0.15, 0.2) is 6.61 Å². The third kappa shape index (κ3) is 5.45. The van der Waals surface area contributed by atoms with Gasteiger partial charge in [-0.15, -0.1) is 0 Å². The molecule has 38 heavy (non-hydrogen) atoms. The molecule has 0 N–H and O–H groups in total. The maximum atomic E-state index is 13.3. The number of amides is 1. The van der Waals surface area contributed by atoms with Crippen LogP contribution in [0, 0.1) is 10.8 Å². The number of anilines is 1. The Kier molecular flexibility index (Phi) is 7.02. The molecule has 8 nitrogen and oxygen atoms in total. The topological polar surface area (TPSA) is 87.2 Å². The lowest BCUT2D eigenvalue weighted by atomic mass is 9.65. The lowest BCUT2D eigenvalue weighted by Gasteiger charge is -2.39. The number of para-hydroxylation sites is 1. The van der Waals surface area contributed by atoms with E-state index in [1.165, 1.54) is 28.6 Å². The first-order valence-corrected chi connectivity index (χ1v) is 14.8. The predicted molar refractivity (Wildman–Crippen MR) is 145 cm³/mol. The first kappa shape index (κ1) is 26.7. The quantitative estimate of drug-likeness (QED) is 0.520. The first-order chi connectivity index (χ1) is 18.0. The molecule has 204 valence electrons. The number of sulfonamides is 1. The van der Waals surface area contributed by atoms with Crippen LogP contribution in [0.1, 0.15) is 50.4 Å². The molecule has 2 saturated heterocycles. The number of benzene rings is 2. The van der Waals surface area contributed by atoms with Gasteiger partial charge in [0.2, 0.25) is 10.0 Å². The van der Waals surface area contributed by atoms with Crippen molar-refractivity contribution in [3.8, 4) is 0 Å². The van der Waals surface area contributed by atoms with Crippen molar-refractivity contribution in [1.29, 1.82) is 0 Å². The van der Waals surface area contributed by atoms with E-state index < -0.39 is 16.0 Å². The van der Waals surface area contributed by atoms with E-state index >= 15 is 0 Å². The van der Waals surface area contributed by atoms with Gasteiger partial charge in [-0.05, 0) is 60.4 Å². The van der Waals surface area contributed by atoms with E-state index in [4.69, 9.17) is 4.74 Å². The third-order valence-electron chi connectivity index (χ3n) is 8.13. The van der Waals surface area contributed by atoms with Gasteiger partial charge in [0.05, 0.1) is 10.5 Å². The highest BCUT2D eigenvalue weighted by Crippen LogP contribution is 2.52. The van der Waals surface area contributed by atoms with Crippen LogP contribution in [-0.2, 0) is 19.6 Å². The lowest BCUT2D eigenvalue weighted by Crippen LogP contribution is -2.48. The molecule has 2 heterocycles. The molecule has 2 unspecified atom stereocenters. The number of fused-ring (bicyclic) bond motifs is 2. The maximum absolute atomic E-state index is 13.3. The lowest BCUT2D eigenvalue weighted by molar-refractivity contribution is -0.135. The second-order valence-electron chi connectivity index (χ2n) is 12.1. The van der Waals surface area contributed by atoms with Gasteiger partial charge in [0.25, 0.3) is 5.91 Å². The molecule has 1 saturated carbocycles. The second kappa shape index (κ2) is 10.0. The highest BCUT2D eigenvalue weighted by molar-refractivity contribution is 7.89. The van der Waals surface area contributed by atoms with Crippen LogP contribution in [0.5, 0.6) is 0 Å². The molecular weight excluding hydrogens is 502 g/mol. The highest BCUT2D eigenvalue weighted by atomic mass is 32.2. The number of carbonyl (C=O) groups is 2. The Bertz CT molecular complexity index is 1300. The van der Waals surface area contributed by atoms with Gasteiger partial charge < -0.3 is 14.5 Å². The fourth-order valence-electron chi connectivity index (χ4n) is 6.80. The second-order valence-corrected chi connectivity index (χ2v) is 14.0. The van der Waals surface area contributed by atoms with Crippen LogP contribution in [0.25, 0.3) is 0 Å². The number of hydrogen-bond acceptors (Lipinski definition) is 6. The van der Waals surface area contributed by atoms with Crippen molar-refractivity contribution >= 4 is 27.6 Å². The number of rotatable bonds is 6. The molecule has 1 aliphatic carbocycles. The van der Waals surface area contributed by atoms with Crippen molar-refractivity contribution in [2.45, 2.75) is 51.0 Å². The molecule has 9 heteroatoms. The molecule has 2 aliphatic heterocycles. The fraction of sp³-hybridized carbons (Fsp3) is 0.517. The van der Waals surface area contributed by atoms with Gasteiger partial charge in [0.1, 0.15) is 0 Å². The first-order valence-electron chi connectivity index (χ1n) is 13.3. The SMILES string of the molecule is CC1(C)CC2CC(C)(CN2C(=O)COC(=O)c2cccc(S(=O)(=O)N3CCN(c4ccccc4)CC3)c2)C1. The van der Waals surface area contributed by atoms with E-state index in [0.717, 1.165) is 24.9 Å². The number of carbonyl (C=O) groups excluding carboxylic acids is 2. The van der Waals surface area contributed by atoms with Gasteiger partial charge in [-0.2, -0.15) is 4.31 Å². The van der Waals surface area contributed by atoms with Gasteiger partial charge in [-0.3, -0.25) is 4.79 Å². The Morgan fingerprint density at radius 1 is 0.947 bits per heavy atom. The number of hydrogen-bond donors (Lipinski definition) is 0. The molecule has 0 aromatic heterocycles. The van der Waals surface area contributed by atoms with Crippen LogP contribution >= 0.6 is 0 Å². The van der Waals surface area contributed by atoms with Gasteiger partial charge in [0, 0.05) is 44.5 Å². The molecule has 2 aromatic rings. The van der Waals surface area contributed by atoms with E-state index in [0.29, 0.717) is 32.7 Å². The summed E-state index contributed by atoms with van der Waals surface area (Å²) in [6.07, 6.45) is 3.00. The van der Waals surface area contributed by atoms with Crippen molar-refractivity contribution in [2.24, 2.45) is 10.8 Å². The minimum absolute atomic E-state index is 0.0509. The predicted octanol–water partition coefficient (Wildman–Crippen LogP) is 3.78. The van der Waals surface area contributed by atoms with Crippen molar-refractivity contribution in [1.82, 2.24) is 9.21 Å². The zero-order valence-electron chi connectivity index (χ0n) is 22.4. The van der Waals surface area contributed by atoms with E-state index in [1.807, 2.05) is 35.2 Å². The standard InChI is InChI=1S/C29H37N3O5S/c1-28(2)17-24-18-29(3,20-28)21-32(24)26(33)19-37-27(34)22-8-7-11-25(16-22)38(35,36)31-14-12-30(13-15-31)23-9-5-4-6-10-23/h4-11,16,24H,12-15,17-21H2,1-3H3. The van der Waals surface area contributed by atoms with Crippen molar-refractivity contribution in [3.63, 3.8) is 0 Å². The molecule has 2 bridgehead atoms. The fourth-order valence-corrected chi connectivity index (χ4v) is 8.27. The zero-order chi connectivity index (χ0) is 27.1. The minimum Gasteiger partial charge on any atom is -0.452 e. The Morgan fingerprint density at radius 3 is 2.37 bits per heavy atom. The van der Waals surface area contributed by atoms with Gasteiger partial charge in [-0.25, -0.2) is 13.2 Å². The van der Waals surface area contributed by atoms with Gasteiger partial charge >= 0.3 is 5.97 Å². The molecule has 5 rings (SSSR count). The third-order valence-corrected chi connectivity index (χ3v) is 10.0. The molecule has 2 aromatic carbocycles. The molecular formula is C29H37N3O5S. The normalized spacial score (nSPS) is 25.3. The van der Waals surface area contributed by atoms with Crippen molar-refractivity contribution in [3.05, 3.63) is 60.2 Å². The monoisotopic (exact) mass is 539 g/mol. The summed E-state index contributed by atoms with van der Waals surface area (Å²) in [5.74, 6) is -0.886. The Morgan fingerprint density at radius 2 is 1.66 bits per heavy atom. The average Bonchev–Trinajstić information content (AvgIpc) is 3.16. The molecule has 1 amide bonds. The Hall–Kier alpha value is -2.91. The van der Waals surface area contributed by atoms with Gasteiger partial charge in [-0.1, -0.05) is 45.0 Å². The maximum Gasteiger partial charge on any atom is 0.338 e. The van der Waals surface area contributed by atoms with E-state index in [-0.39, 0.29) is 39.8 Å². The number of esters is 1. The highest BCUT2D eigenvalue weighted by Gasteiger charge is 2.51. The smallest absolute Gasteiger partial charge is 0.338 e. The summed E-state index contributed by atoms with van der Waals surface area (Å²) in [7, 11) is -3.77. The Labute approximate surface area is 225 Å². The molecule has 3 aliphatic rings. The summed E-state index contributed by atoms with van der Waals surface area (Å²) >= 11 is 0. The van der Waals surface area contributed by atoms with Crippen LogP contribution in [-0.4, -0.2) is 74.9 Å². The number of nitrogens with zero attached hydrogens (tertiary/aromatic N) is 3. The summed E-state index contributed by atoms with van der Waals surface area (Å²) in [6.45, 7) is 8.94. The van der Waals surface area contributed by atoms with Crippen LogP contribution in [0.15, 0.2) is 59.5 Å². The van der Waals surface area contributed by atoms with Crippen molar-refractivity contribution < 1.29 is 22.7 Å². The summed E-state index contributed by atoms with van der Waals surface area (Å²) in [4.78, 5) is 29.9. The van der Waals surface area contributed by atoms with Crippen LogP contribution in [0.3, 0.4) is 0 Å². The molecule has 0 spiro atoms. The largest absolute Gasteiger partial charge is 0.452 e. The zero-order valence-corrected chi connectivity index (χ0v) is 23.2.